The third kappa shape index (κ3) is 3.76. The Hall–Kier alpha value is -0.610. The van der Waals surface area contributed by atoms with E-state index >= 15 is 0 Å². The van der Waals surface area contributed by atoms with E-state index in [0.29, 0.717) is 18.0 Å². The zero-order valence-corrected chi connectivity index (χ0v) is 10.8. The molecule has 0 aromatic carbocycles. The number of hydrogen-bond acceptors (Lipinski definition) is 3. The molecule has 2 atom stereocenters. The van der Waals surface area contributed by atoms with Crippen molar-refractivity contribution in [3.05, 3.63) is 0 Å². The summed E-state index contributed by atoms with van der Waals surface area (Å²) >= 11 is 0. The molecule has 0 spiro atoms. The molecular weight excluding hydrogens is 204 g/mol. The second-order valence-electron chi connectivity index (χ2n) is 5.40. The van der Waals surface area contributed by atoms with Crippen LogP contribution < -0.4 is 0 Å². The van der Waals surface area contributed by atoms with Gasteiger partial charge in [0.25, 0.3) is 0 Å². The van der Waals surface area contributed by atoms with E-state index in [1.807, 2.05) is 0 Å². The van der Waals surface area contributed by atoms with Crippen molar-refractivity contribution in [1.82, 2.24) is 9.80 Å². The van der Waals surface area contributed by atoms with Crippen LogP contribution in [0.1, 0.15) is 27.2 Å². The van der Waals surface area contributed by atoms with Gasteiger partial charge in [-0.05, 0) is 26.3 Å². The molecule has 1 heterocycles. The molecule has 0 amide bonds. The van der Waals surface area contributed by atoms with Crippen molar-refractivity contribution in [2.75, 3.05) is 26.7 Å². The minimum absolute atomic E-state index is 0.170. The second kappa shape index (κ2) is 5.64. The topological polar surface area (TPSA) is 43.8 Å². The van der Waals surface area contributed by atoms with Gasteiger partial charge in [-0.3, -0.25) is 9.69 Å². The normalized spacial score (nSPS) is 26.9. The van der Waals surface area contributed by atoms with Crippen LogP contribution in [0.2, 0.25) is 0 Å². The Labute approximate surface area is 98.2 Å². The summed E-state index contributed by atoms with van der Waals surface area (Å²) in [5.74, 6) is -0.205. The lowest BCUT2D eigenvalue weighted by molar-refractivity contribution is -0.139. The van der Waals surface area contributed by atoms with Crippen molar-refractivity contribution in [2.24, 2.45) is 5.92 Å². The van der Waals surface area contributed by atoms with Crippen molar-refractivity contribution in [1.29, 1.82) is 0 Å². The van der Waals surface area contributed by atoms with Crippen LogP contribution in [0, 0.1) is 5.92 Å². The highest BCUT2D eigenvalue weighted by atomic mass is 16.4. The van der Waals surface area contributed by atoms with Crippen LogP contribution in [-0.2, 0) is 4.79 Å². The van der Waals surface area contributed by atoms with Crippen LogP contribution in [0.15, 0.2) is 0 Å². The van der Waals surface area contributed by atoms with E-state index in [9.17, 15) is 4.79 Å². The Morgan fingerprint density at radius 1 is 1.56 bits per heavy atom. The number of nitrogens with zero attached hydrogens (tertiary/aromatic N) is 2. The average molecular weight is 228 g/mol. The molecule has 0 aromatic rings. The molecule has 0 bridgehead atoms. The zero-order valence-electron chi connectivity index (χ0n) is 10.8. The van der Waals surface area contributed by atoms with Gasteiger partial charge in [0.15, 0.2) is 0 Å². The highest BCUT2D eigenvalue weighted by molar-refractivity contribution is 5.69. The highest BCUT2D eigenvalue weighted by Crippen LogP contribution is 2.20. The molecule has 4 heteroatoms. The van der Waals surface area contributed by atoms with Crippen LogP contribution in [0.5, 0.6) is 0 Å². The Balaban J connectivity index is 2.58. The van der Waals surface area contributed by atoms with Crippen LogP contribution in [0.4, 0.5) is 0 Å². The molecule has 1 aliphatic rings. The Kier molecular flexibility index (Phi) is 4.74. The van der Waals surface area contributed by atoms with E-state index in [0.717, 1.165) is 19.5 Å². The number of likely N-dealkylation sites (N-methyl/N-ethyl adjacent to an activating group) is 1. The summed E-state index contributed by atoms with van der Waals surface area (Å²) in [7, 11) is 2.11. The minimum atomic E-state index is -0.720. The lowest BCUT2D eigenvalue weighted by Crippen LogP contribution is -2.42. The van der Waals surface area contributed by atoms with Gasteiger partial charge in [0.1, 0.15) is 0 Å². The maximum absolute atomic E-state index is 10.9. The van der Waals surface area contributed by atoms with Crippen molar-refractivity contribution in [2.45, 2.75) is 39.3 Å². The Morgan fingerprint density at radius 2 is 2.19 bits per heavy atom. The zero-order chi connectivity index (χ0) is 12.3. The summed E-state index contributed by atoms with van der Waals surface area (Å²) in [6, 6.07) is 0.965. The summed E-state index contributed by atoms with van der Waals surface area (Å²) in [5.41, 5.74) is 0. The molecule has 4 nitrogen and oxygen atoms in total. The number of carbonyl (C=O) groups is 1. The lowest BCUT2D eigenvalue weighted by Gasteiger charge is -2.28. The molecule has 16 heavy (non-hydrogen) atoms. The molecule has 0 radical (unpaired) electrons. The quantitative estimate of drug-likeness (QED) is 0.766. The van der Waals surface area contributed by atoms with Gasteiger partial charge in [-0.15, -0.1) is 0 Å². The van der Waals surface area contributed by atoms with Gasteiger partial charge in [0.05, 0.1) is 6.54 Å². The fraction of sp³-hybridized carbons (Fsp3) is 0.917. The van der Waals surface area contributed by atoms with Crippen LogP contribution >= 0.6 is 0 Å². The number of carboxylic acids is 1. The summed E-state index contributed by atoms with van der Waals surface area (Å²) in [4.78, 5) is 15.3. The first-order valence-electron chi connectivity index (χ1n) is 6.06. The molecule has 0 saturated carbocycles. The summed E-state index contributed by atoms with van der Waals surface area (Å²) in [6.45, 7) is 8.50. The molecule has 94 valence electrons. The van der Waals surface area contributed by atoms with Crippen LogP contribution in [0.25, 0.3) is 0 Å². The molecule has 0 aromatic heterocycles. The van der Waals surface area contributed by atoms with Crippen molar-refractivity contribution < 1.29 is 9.90 Å². The van der Waals surface area contributed by atoms with E-state index < -0.39 is 5.97 Å². The van der Waals surface area contributed by atoms with E-state index in [2.05, 4.69) is 37.6 Å². The van der Waals surface area contributed by atoms with Gasteiger partial charge in [0, 0.05) is 25.2 Å². The molecule has 0 aliphatic carbocycles. The molecular formula is C12H24N2O2. The molecule has 1 aliphatic heterocycles. The summed E-state index contributed by atoms with van der Waals surface area (Å²) in [6.07, 6.45) is 1.08. The minimum Gasteiger partial charge on any atom is -0.480 e. The van der Waals surface area contributed by atoms with Crippen molar-refractivity contribution >= 4 is 5.97 Å². The molecule has 1 rings (SSSR count). The maximum Gasteiger partial charge on any atom is 0.317 e. The van der Waals surface area contributed by atoms with Gasteiger partial charge in [0.2, 0.25) is 0 Å². The van der Waals surface area contributed by atoms with Gasteiger partial charge >= 0.3 is 5.97 Å². The van der Waals surface area contributed by atoms with Gasteiger partial charge in [-0.1, -0.05) is 13.8 Å². The fourth-order valence-corrected chi connectivity index (χ4v) is 2.41. The predicted octanol–water partition coefficient (Wildman–Crippen LogP) is 1.12. The van der Waals surface area contributed by atoms with E-state index in [-0.39, 0.29) is 6.54 Å². The first-order valence-corrected chi connectivity index (χ1v) is 6.06. The SMILES string of the molecule is CC(C)CN(CC(=O)O)C1CC(C)N(C)C1. The maximum atomic E-state index is 10.9. The number of likely N-dealkylation sites (tertiary alicyclic amines) is 1. The Morgan fingerprint density at radius 3 is 2.56 bits per heavy atom. The third-order valence-electron chi connectivity index (χ3n) is 3.32. The standard InChI is InChI=1S/C12H24N2O2/c1-9(2)6-14(8-12(15)16)11-5-10(3)13(4)7-11/h9-11H,5-8H2,1-4H3,(H,15,16). The predicted molar refractivity (Wildman–Crippen MR) is 64.5 cm³/mol. The van der Waals surface area contributed by atoms with Crippen LogP contribution in [0.3, 0.4) is 0 Å². The molecule has 2 unspecified atom stereocenters. The van der Waals surface area contributed by atoms with E-state index in [1.165, 1.54) is 0 Å². The molecule has 1 N–H and O–H groups in total. The average Bonchev–Trinajstić information content (AvgIpc) is 2.44. The van der Waals surface area contributed by atoms with E-state index in [4.69, 9.17) is 5.11 Å². The fourth-order valence-electron chi connectivity index (χ4n) is 2.41. The van der Waals surface area contributed by atoms with E-state index in [1.54, 1.807) is 0 Å². The van der Waals surface area contributed by atoms with Gasteiger partial charge in [-0.25, -0.2) is 0 Å². The first-order chi connectivity index (χ1) is 7.40. The molecule has 1 saturated heterocycles. The summed E-state index contributed by atoms with van der Waals surface area (Å²) < 4.78 is 0. The van der Waals surface area contributed by atoms with Crippen molar-refractivity contribution in [3.63, 3.8) is 0 Å². The highest BCUT2D eigenvalue weighted by Gasteiger charge is 2.31. The summed E-state index contributed by atoms with van der Waals surface area (Å²) in [5, 5.41) is 8.93. The van der Waals surface area contributed by atoms with Crippen LogP contribution in [-0.4, -0.2) is 59.6 Å². The third-order valence-corrected chi connectivity index (χ3v) is 3.32. The van der Waals surface area contributed by atoms with Crippen molar-refractivity contribution in [3.8, 4) is 0 Å². The lowest BCUT2D eigenvalue weighted by atomic mass is 10.1. The van der Waals surface area contributed by atoms with Gasteiger partial charge < -0.3 is 10.0 Å². The number of rotatable bonds is 5. The first kappa shape index (κ1) is 13.5. The molecule has 1 fully saturated rings. The van der Waals surface area contributed by atoms with Gasteiger partial charge in [-0.2, -0.15) is 0 Å². The second-order valence-corrected chi connectivity index (χ2v) is 5.40. The monoisotopic (exact) mass is 228 g/mol. The smallest absolute Gasteiger partial charge is 0.317 e. The Bertz CT molecular complexity index is 233. The number of hydrogen-bond donors (Lipinski definition) is 1. The number of carboxylic acid groups (broad SMARTS) is 1. The largest absolute Gasteiger partial charge is 0.480 e. The number of aliphatic carboxylic acids is 1.